The zero-order valence-corrected chi connectivity index (χ0v) is 17.4. The monoisotopic (exact) mass is 420 g/mol. The lowest BCUT2D eigenvalue weighted by atomic mass is 10.1. The summed E-state index contributed by atoms with van der Waals surface area (Å²) in [5.41, 5.74) is 10.3. The highest BCUT2D eigenvalue weighted by atomic mass is 32.2. The Kier molecular flexibility index (Phi) is 4.78. The Morgan fingerprint density at radius 2 is 1.83 bits per heavy atom. The summed E-state index contributed by atoms with van der Waals surface area (Å²) >= 11 is 1.92. The molecule has 30 heavy (non-hydrogen) atoms. The number of benzene rings is 2. The van der Waals surface area contributed by atoms with E-state index in [0.717, 1.165) is 35.8 Å². The lowest BCUT2D eigenvalue weighted by Gasteiger charge is -2.26. The minimum atomic E-state index is -0.320. The zero-order chi connectivity index (χ0) is 20.7. The molecule has 0 amide bonds. The third kappa shape index (κ3) is 3.37. The third-order valence-corrected chi connectivity index (χ3v) is 6.14. The molecule has 2 aromatic heterocycles. The van der Waals surface area contributed by atoms with E-state index in [2.05, 4.69) is 4.90 Å². The molecule has 5 rings (SSSR count). The molecule has 8 heteroatoms. The maximum absolute atomic E-state index is 14.0. The first-order chi connectivity index (χ1) is 14.6. The molecule has 0 unspecified atom stereocenters. The van der Waals surface area contributed by atoms with Crippen LogP contribution >= 0.6 is 11.8 Å². The zero-order valence-electron chi connectivity index (χ0n) is 16.5. The molecule has 1 fully saturated rings. The van der Waals surface area contributed by atoms with Gasteiger partial charge in [-0.3, -0.25) is 0 Å². The van der Waals surface area contributed by atoms with Crippen LogP contribution in [0.4, 0.5) is 16.2 Å². The molecule has 0 atom stereocenters. The first-order valence-corrected chi connectivity index (χ1v) is 11.0. The smallest absolute Gasteiger partial charge is 0.228 e. The average Bonchev–Trinajstić information content (AvgIpc) is 3.10. The molecular weight excluding hydrogens is 399 g/mol. The minimum Gasteiger partial charge on any atom is -0.383 e. The molecule has 4 aromatic rings. The van der Waals surface area contributed by atoms with Gasteiger partial charge in [0.25, 0.3) is 0 Å². The van der Waals surface area contributed by atoms with Gasteiger partial charge in [0.05, 0.1) is 16.8 Å². The van der Waals surface area contributed by atoms with Crippen LogP contribution in [0.3, 0.4) is 0 Å². The van der Waals surface area contributed by atoms with Crippen molar-refractivity contribution in [1.82, 2.24) is 19.7 Å². The van der Waals surface area contributed by atoms with Gasteiger partial charge in [-0.2, -0.15) is 16.7 Å². The molecule has 152 valence electrons. The summed E-state index contributed by atoms with van der Waals surface area (Å²) in [6.07, 6.45) is 0. The number of anilines is 2. The Morgan fingerprint density at radius 1 is 1.03 bits per heavy atom. The largest absolute Gasteiger partial charge is 0.383 e. The fourth-order valence-electron chi connectivity index (χ4n) is 3.71. The topological polar surface area (TPSA) is 72.9 Å². The molecule has 0 radical (unpaired) electrons. The van der Waals surface area contributed by atoms with Crippen molar-refractivity contribution in [2.45, 2.75) is 6.92 Å². The molecule has 0 aliphatic carbocycles. The van der Waals surface area contributed by atoms with Crippen molar-refractivity contribution in [3.63, 3.8) is 0 Å². The summed E-state index contributed by atoms with van der Waals surface area (Å²) in [5, 5.41) is 5.34. The van der Waals surface area contributed by atoms with Gasteiger partial charge in [0, 0.05) is 30.2 Å². The van der Waals surface area contributed by atoms with Crippen molar-refractivity contribution in [3.05, 3.63) is 59.9 Å². The van der Waals surface area contributed by atoms with Crippen LogP contribution in [0.5, 0.6) is 0 Å². The van der Waals surface area contributed by atoms with Gasteiger partial charge < -0.3 is 10.6 Å². The third-order valence-electron chi connectivity index (χ3n) is 5.20. The van der Waals surface area contributed by atoms with E-state index in [1.54, 1.807) is 10.7 Å². The summed E-state index contributed by atoms with van der Waals surface area (Å²) in [5.74, 6) is 2.78. The fourth-order valence-corrected chi connectivity index (χ4v) is 4.61. The van der Waals surface area contributed by atoms with Crippen LogP contribution in [0.15, 0.2) is 48.5 Å². The van der Waals surface area contributed by atoms with E-state index in [4.69, 9.17) is 20.8 Å². The predicted molar refractivity (Wildman–Crippen MR) is 121 cm³/mol. The molecule has 2 aromatic carbocycles. The first-order valence-electron chi connectivity index (χ1n) is 9.82. The first kappa shape index (κ1) is 18.9. The van der Waals surface area contributed by atoms with Crippen LogP contribution in [0.1, 0.15) is 5.56 Å². The molecule has 6 nitrogen and oxygen atoms in total. The number of hydrogen-bond acceptors (Lipinski definition) is 6. The van der Waals surface area contributed by atoms with Crippen LogP contribution in [0.25, 0.3) is 28.0 Å². The van der Waals surface area contributed by atoms with Gasteiger partial charge in [-0.25, -0.2) is 14.1 Å². The summed E-state index contributed by atoms with van der Waals surface area (Å²) in [4.78, 5) is 11.7. The molecule has 0 spiro atoms. The number of fused-ring (bicyclic) bond motifs is 1. The van der Waals surface area contributed by atoms with E-state index >= 15 is 0 Å². The summed E-state index contributed by atoms with van der Waals surface area (Å²) in [6.45, 7) is 3.76. The summed E-state index contributed by atoms with van der Waals surface area (Å²) in [7, 11) is 0. The lowest BCUT2D eigenvalue weighted by molar-refractivity contribution is 0.628. The Bertz CT molecular complexity index is 1230. The number of aryl methyl sites for hydroxylation is 1. The van der Waals surface area contributed by atoms with Crippen molar-refractivity contribution in [3.8, 4) is 16.9 Å². The number of hydrogen-bond donors (Lipinski definition) is 1. The van der Waals surface area contributed by atoms with Crippen molar-refractivity contribution >= 4 is 34.6 Å². The lowest BCUT2D eigenvalue weighted by Crippen LogP contribution is -2.33. The second-order valence-corrected chi connectivity index (χ2v) is 8.54. The van der Waals surface area contributed by atoms with Crippen molar-refractivity contribution < 1.29 is 4.39 Å². The van der Waals surface area contributed by atoms with Crippen LogP contribution < -0.4 is 10.6 Å². The van der Waals surface area contributed by atoms with E-state index in [-0.39, 0.29) is 5.82 Å². The Labute approximate surface area is 177 Å². The number of nitrogen functional groups attached to an aromatic ring is 1. The molecule has 1 aliphatic heterocycles. The van der Waals surface area contributed by atoms with Crippen LogP contribution in [-0.4, -0.2) is 44.3 Å². The van der Waals surface area contributed by atoms with E-state index in [0.29, 0.717) is 34.1 Å². The van der Waals surface area contributed by atoms with Gasteiger partial charge in [0.2, 0.25) is 5.95 Å². The number of nitrogens with zero attached hydrogens (tertiary/aromatic N) is 5. The van der Waals surface area contributed by atoms with Gasteiger partial charge in [0.1, 0.15) is 11.6 Å². The van der Waals surface area contributed by atoms with Gasteiger partial charge in [-0.1, -0.05) is 24.3 Å². The second-order valence-electron chi connectivity index (χ2n) is 7.32. The number of halogens is 1. The number of nitrogens with two attached hydrogens (primary N) is 1. The Morgan fingerprint density at radius 3 is 2.60 bits per heavy atom. The maximum Gasteiger partial charge on any atom is 0.228 e. The van der Waals surface area contributed by atoms with Gasteiger partial charge >= 0.3 is 0 Å². The van der Waals surface area contributed by atoms with Crippen LogP contribution in [0.2, 0.25) is 0 Å². The SMILES string of the molecule is Cc1cccc(-n2nc3nc(N4CCSCC4)nc(-c4cccc(F)c4)c3c2N)c1. The van der Waals surface area contributed by atoms with Crippen molar-refractivity contribution in [1.29, 1.82) is 0 Å². The maximum atomic E-state index is 14.0. The molecule has 0 saturated carbocycles. The predicted octanol–water partition coefficient (Wildman–Crippen LogP) is 4.07. The van der Waals surface area contributed by atoms with E-state index in [9.17, 15) is 4.39 Å². The molecule has 3 heterocycles. The van der Waals surface area contributed by atoms with Gasteiger partial charge in [-0.15, -0.1) is 5.10 Å². The molecule has 2 N–H and O–H groups in total. The molecule has 0 bridgehead atoms. The van der Waals surface area contributed by atoms with E-state index in [1.165, 1.54) is 12.1 Å². The quantitative estimate of drug-likeness (QED) is 0.539. The molecule has 1 aliphatic rings. The number of thioether (sulfide) groups is 1. The van der Waals surface area contributed by atoms with E-state index in [1.807, 2.05) is 49.0 Å². The fraction of sp³-hybridized carbons (Fsp3) is 0.227. The molecule has 1 saturated heterocycles. The second kappa shape index (κ2) is 7.60. The number of aromatic nitrogens is 4. The highest BCUT2D eigenvalue weighted by Gasteiger charge is 2.22. The summed E-state index contributed by atoms with van der Waals surface area (Å²) < 4.78 is 15.7. The number of rotatable bonds is 3. The normalized spacial score (nSPS) is 14.4. The van der Waals surface area contributed by atoms with Crippen LogP contribution in [0, 0.1) is 12.7 Å². The highest BCUT2D eigenvalue weighted by Crippen LogP contribution is 2.34. The Hall–Kier alpha value is -3.13. The van der Waals surface area contributed by atoms with E-state index < -0.39 is 0 Å². The Balaban J connectivity index is 1.76. The minimum absolute atomic E-state index is 0.320. The molecular formula is C22H21FN6S. The van der Waals surface area contributed by atoms with Crippen molar-refractivity contribution in [2.24, 2.45) is 0 Å². The van der Waals surface area contributed by atoms with Crippen LogP contribution in [-0.2, 0) is 0 Å². The van der Waals surface area contributed by atoms with Gasteiger partial charge in [0.15, 0.2) is 5.65 Å². The summed E-state index contributed by atoms with van der Waals surface area (Å²) in [6, 6.07) is 14.4. The highest BCUT2D eigenvalue weighted by molar-refractivity contribution is 7.99. The standard InChI is InChI=1S/C22H21FN6S/c1-14-4-2-7-17(12-14)29-20(24)18-19(15-5-3-6-16(23)13-15)25-22(26-21(18)27-29)28-8-10-30-11-9-28/h2-7,12-13H,8-11,24H2,1H3. The van der Waals surface area contributed by atoms with Crippen molar-refractivity contribution in [2.75, 3.05) is 35.2 Å². The van der Waals surface area contributed by atoms with Gasteiger partial charge in [-0.05, 0) is 36.8 Å². The average molecular weight is 421 g/mol.